The second-order valence-electron chi connectivity index (χ2n) is 5.77. The lowest BCUT2D eigenvalue weighted by molar-refractivity contribution is 0.468. The molecule has 0 saturated heterocycles. The minimum atomic E-state index is -3.68. The first-order chi connectivity index (χ1) is 13.0. The number of sulfonamides is 1. The van der Waals surface area contributed by atoms with Crippen LogP contribution in [-0.4, -0.2) is 28.6 Å². The maximum atomic E-state index is 12.5. The predicted molar refractivity (Wildman–Crippen MR) is 100 cm³/mol. The van der Waals surface area contributed by atoms with Crippen molar-refractivity contribution in [1.82, 2.24) is 20.2 Å². The van der Waals surface area contributed by atoms with Crippen molar-refractivity contribution in [3.63, 3.8) is 0 Å². The molecule has 27 heavy (non-hydrogen) atoms. The molecule has 4 rings (SSSR count). The topological polar surface area (TPSA) is 110 Å². The number of aryl methyl sites for hydroxylation is 1. The van der Waals surface area contributed by atoms with Gasteiger partial charge in [0.2, 0.25) is 5.88 Å². The maximum Gasteiger partial charge on any atom is 0.261 e. The molecular formula is C18H15N5O3S. The van der Waals surface area contributed by atoms with Gasteiger partial charge < -0.3 is 4.74 Å². The molecule has 2 aromatic carbocycles. The van der Waals surface area contributed by atoms with Gasteiger partial charge in [-0.3, -0.25) is 9.82 Å². The average molecular weight is 381 g/mol. The Morgan fingerprint density at radius 1 is 1.04 bits per heavy atom. The second kappa shape index (κ2) is 6.69. The van der Waals surface area contributed by atoms with Crippen molar-refractivity contribution >= 4 is 26.7 Å². The van der Waals surface area contributed by atoms with Crippen molar-refractivity contribution in [2.75, 3.05) is 4.72 Å². The molecule has 0 saturated carbocycles. The normalized spacial score (nSPS) is 11.4. The summed E-state index contributed by atoms with van der Waals surface area (Å²) in [6, 6.07) is 14.8. The van der Waals surface area contributed by atoms with Crippen LogP contribution in [0.1, 0.15) is 5.69 Å². The van der Waals surface area contributed by atoms with Crippen LogP contribution in [-0.2, 0) is 10.0 Å². The van der Waals surface area contributed by atoms with E-state index in [2.05, 4.69) is 24.9 Å². The molecular weight excluding hydrogens is 366 g/mol. The molecule has 0 atom stereocenters. The minimum Gasteiger partial charge on any atom is -0.438 e. The van der Waals surface area contributed by atoms with Crippen molar-refractivity contribution in [1.29, 1.82) is 0 Å². The molecule has 0 unspecified atom stereocenters. The number of benzene rings is 2. The summed E-state index contributed by atoms with van der Waals surface area (Å²) >= 11 is 0. The van der Waals surface area contributed by atoms with Crippen molar-refractivity contribution in [2.24, 2.45) is 0 Å². The highest BCUT2D eigenvalue weighted by atomic mass is 32.2. The monoisotopic (exact) mass is 381 g/mol. The third-order valence-corrected chi connectivity index (χ3v) is 5.25. The third-order valence-electron chi connectivity index (χ3n) is 3.85. The Morgan fingerprint density at radius 3 is 2.67 bits per heavy atom. The minimum absolute atomic E-state index is 0.183. The number of fused-ring (bicyclic) bond motifs is 1. The Morgan fingerprint density at radius 2 is 1.85 bits per heavy atom. The zero-order chi connectivity index (χ0) is 18.9. The Labute approximate surface area is 155 Å². The van der Waals surface area contributed by atoms with Gasteiger partial charge in [0.1, 0.15) is 17.5 Å². The molecule has 0 aliphatic rings. The fourth-order valence-corrected chi connectivity index (χ4v) is 3.66. The fraction of sp³-hybridized carbons (Fsp3) is 0.0556. The molecule has 2 N–H and O–H groups in total. The number of nitrogens with zero attached hydrogens (tertiary/aromatic N) is 3. The number of hydrogen-bond donors (Lipinski definition) is 2. The first-order valence-corrected chi connectivity index (χ1v) is 9.53. The fourth-order valence-electron chi connectivity index (χ4n) is 2.59. The molecule has 0 aliphatic carbocycles. The summed E-state index contributed by atoms with van der Waals surface area (Å²) in [4.78, 5) is 8.42. The number of rotatable bonds is 5. The number of aromatic amines is 1. The number of aromatic nitrogens is 4. The Bertz CT molecular complexity index is 1210. The van der Waals surface area contributed by atoms with E-state index in [0.717, 1.165) is 5.69 Å². The number of H-pyrrole nitrogens is 1. The van der Waals surface area contributed by atoms with Crippen molar-refractivity contribution in [3.05, 3.63) is 66.6 Å². The van der Waals surface area contributed by atoms with Gasteiger partial charge >= 0.3 is 0 Å². The highest BCUT2D eigenvalue weighted by Gasteiger charge is 2.15. The van der Waals surface area contributed by atoms with Crippen LogP contribution in [0.5, 0.6) is 11.6 Å². The number of hydrogen-bond acceptors (Lipinski definition) is 6. The summed E-state index contributed by atoms with van der Waals surface area (Å²) in [6.45, 7) is 1.84. The van der Waals surface area contributed by atoms with Crippen LogP contribution in [0, 0.1) is 6.92 Å². The first kappa shape index (κ1) is 17.0. The molecule has 2 heterocycles. The van der Waals surface area contributed by atoms with Crippen LogP contribution in [0.2, 0.25) is 0 Å². The smallest absolute Gasteiger partial charge is 0.261 e. The lowest BCUT2D eigenvalue weighted by atomic mass is 10.3. The molecule has 0 aliphatic heterocycles. The highest BCUT2D eigenvalue weighted by Crippen LogP contribution is 2.29. The lowest BCUT2D eigenvalue weighted by Crippen LogP contribution is -2.12. The van der Waals surface area contributed by atoms with E-state index in [1.54, 1.807) is 42.5 Å². The van der Waals surface area contributed by atoms with Crippen LogP contribution in [0.3, 0.4) is 0 Å². The summed E-state index contributed by atoms with van der Waals surface area (Å²) in [7, 11) is -3.68. The van der Waals surface area contributed by atoms with Gasteiger partial charge in [-0.1, -0.05) is 24.3 Å². The SMILES string of the molecule is Cc1[nH]nc2ncnc(Oc3cccc(NS(=O)(=O)c4ccccc4)c3)c12. The molecule has 0 spiro atoms. The molecule has 136 valence electrons. The second-order valence-corrected chi connectivity index (χ2v) is 7.46. The standard InChI is InChI=1S/C18H15N5O3S/c1-12-16-17(22-21-12)19-11-20-18(16)26-14-7-5-6-13(10-14)23-27(24,25)15-8-3-2-4-9-15/h2-11,23H,1H3,(H,19,20,21,22). The van der Waals surface area contributed by atoms with Crippen LogP contribution in [0.4, 0.5) is 5.69 Å². The van der Waals surface area contributed by atoms with E-state index < -0.39 is 10.0 Å². The summed E-state index contributed by atoms with van der Waals surface area (Å²) in [5, 5.41) is 7.59. The van der Waals surface area contributed by atoms with Gasteiger partial charge in [0.25, 0.3) is 10.0 Å². The maximum absolute atomic E-state index is 12.5. The van der Waals surface area contributed by atoms with Gasteiger partial charge in [-0.15, -0.1) is 0 Å². The lowest BCUT2D eigenvalue weighted by Gasteiger charge is -2.10. The summed E-state index contributed by atoms with van der Waals surface area (Å²) in [6.07, 6.45) is 1.36. The van der Waals surface area contributed by atoms with Gasteiger partial charge in [-0.05, 0) is 31.2 Å². The summed E-state index contributed by atoms with van der Waals surface area (Å²) in [5.74, 6) is 0.776. The zero-order valence-electron chi connectivity index (χ0n) is 14.2. The Hall–Kier alpha value is -3.46. The van der Waals surface area contributed by atoms with Gasteiger partial charge in [0.15, 0.2) is 5.65 Å². The summed E-state index contributed by atoms with van der Waals surface area (Å²) in [5.41, 5.74) is 1.66. The third kappa shape index (κ3) is 3.44. The van der Waals surface area contributed by atoms with E-state index in [0.29, 0.717) is 28.4 Å². The van der Waals surface area contributed by atoms with Crippen molar-refractivity contribution < 1.29 is 13.2 Å². The number of anilines is 1. The molecule has 0 radical (unpaired) electrons. The van der Waals surface area contributed by atoms with Crippen LogP contribution < -0.4 is 9.46 Å². The quantitative estimate of drug-likeness (QED) is 0.549. The van der Waals surface area contributed by atoms with E-state index in [-0.39, 0.29) is 4.90 Å². The van der Waals surface area contributed by atoms with Gasteiger partial charge in [0.05, 0.1) is 10.6 Å². The molecule has 9 heteroatoms. The van der Waals surface area contributed by atoms with E-state index in [1.807, 2.05) is 6.92 Å². The molecule has 8 nitrogen and oxygen atoms in total. The molecule has 0 bridgehead atoms. The molecule has 0 amide bonds. The Kier molecular flexibility index (Phi) is 4.21. The van der Waals surface area contributed by atoms with Gasteiger partial charge in [0, 0.05) is 11.8 Å². The molecule has 4 aromatic rings. The predicted octanol–water partition coefficient (Wildman–Crippen LogP) is 3.25. The average Bonchev–Trinajstić information content (AvgIpc) is 3.05. The van der Waals surface area contributed by atoms with Gasteiger partial charge in [-0.25, -0.2) is 18.4 Å². The van der Waals surface area contributed by atoms with E-state index in [9.17, 15) is 8.42 Å². The first-order valence-electron chi connectivity index (χ1n) is 8.04. The van der Waals surface area contributed by atoms with Crippen molar-refractivity contribution in [3.8, 4) is 11.6 Å². The van der Waals surface area contributed by atoms with Crippen LogP contribution >= 0.6 is 0 Å². The molecule has 0 fully saturated rings. The summed E-state index contributed by atoms with van der Waals surface area (Å²) < 4.78 is 33.3. The van der Waals surface area contributed by atoms with Crippen LogP contribution in [0.25, 0.3) is 11.0 Å². The largest absolute Gasteiger partial charge is 0.438 e. The van der Waals surface area contributed by atoms with Gasteiger partial charge in [-0.2, -0.15) is 5.10 Å². The van der Waals surface area contributed by atoms with Crippen molar-refractivity contribution in [2.45, 2.75) is 11.8 Å². The van der Waals surface area contributed by atoms with E-state index in [1.165, 1.54) is 18.5 Å². The van der Waals surface area contributed by atoms with E-state index in [4.69, 9.17) is 4.74 Å². The molecule has 2 aromatic heterocycles. The Balaban J connectivity index is 1.62. The highest BCUT2D eigenvalue weighted by molar-refractivity contribution is 7.92. The number of ether oxygens (including phenoxy) is 1. The van der Waals surface area contributed by atoms with E-state index >= 15 is 0 Å². The zero-order valence-corrected chi connectivity index (χ0v) is 15.1. The number of nitrogens with one attached hydrogen (secondary N) is 2. The van der Waals surface area contributed by atoms with Crippen LogP contribution in [0.15, 0.2) is 65.8 Å².